The number of hydrogen-bond donors (Lipinski definition) is 0. The van der Waals surface area contributed by atoms with Gasteiger partial charge in [-0.15, -0.1) is 0 Å². The van der Waals surface area contributed by atoms with Crippen LogP contribution in [0.25, 0.3) is 0 Å². The molecule has 19 heavy (non-hydrogen) atoms. The van der Waals surface area contributed by atoms with Crippen molar-refractivity contribution in [3.8, 4) is 0 Å². The van der Waals surface area contributed by atoms with Gasteiger partial charge >= 0.3 is 0 Å². The van der Waals surface area contributed by atoms with Gasteiger partial charge in [-0.1, -0.05) is 24.3 Å². The molecule has 1 aliphatic rings. The molecule has 2 rings (SSSR count). The Morgan fingerprint density at radius 1 is 1.00 bits per heavy atom. The van der Waals surface area contributed by atoms with Crippen LogP contribution < -0.4 is 0 Å². The van der Waals surface area contributed by atoms with Crippen LogP contribution in [0.1, 0.15) is 17.3 Å². The predicted octanol–water partition coefficient (Wildman–Crippen LogP) is 1.55. The molecule has 0 saturated carbocycles. The van der Waals surface area contributed by atoms with Crippen LogP contribution >= 0.6 is 0 Å². The zero-order valence-corrected chi connectivity index (χ0v) is 11.1. The Hall–Kier alpha value is -2.10. The van der Waals surface area contributed by atoms with Gasteiger partial charge in [0.2, 0.25) is 5.91 Å². The van der Waals surface area contributed by atoms with E-state index < -0.39 is 0 Å². The summed E-state index contributed by atoms with van der Waals surface area (Å²) in [6, 6.07) is 9.25. The number of hydrogen-bond acceptors (Lipinski definition) is 2. The average molecular weight is 258 g/mol. The number of piperazine rings is 1. The standard InChI is InChI=1S/C15H18N2O2/c1-2-6-14(18)16-9-11-17(12-10-16)15(19)13-7-4-3-5-8-13/h2-8H,9-12H2,1H3/b6-2+. The van der Waals surface area contributed by atoms with Gasteiger partial charge in [-0.05, 0) is 25.1 Å². The number of carbonyl (C=O) groups excluding carboxylic acids is 2. The van der Waals surface area contributed by atoms with E-state index in [2.05, 4.69) is 0 Å². The number of amides is 2. The molecule has 4 heteroatoms. The number of allylic oxidation sites excluding steroid dienone is 1. The molecule has 0 N–H and O–H groups in total. The largest absolute Gasteiger partial charge is 0.336 e. The van der Waals surface area contributed by atoms with Crippen molar-refractivity contribution in [2.24, 2.45) is 0 Å². The normalized spacial score (nSPS) is 15.8. The first-order valence-electron chi connectivity index (χ1n) is 6.48. The minimum absolute atomic E-state index is 0.0225. The molecule has 0 atom stereocenters. The maximum absolute atomic E-state index is 12.2. The molecular weight excluding hydrogens is 240 g/mol. The van der Waals surface area contributed by atoms with Crippen molar-refractivity contribution in [1.82, 2.24) is 9.80 Å². The fraction of sp³-hybridized carbons (Fsp3) is 0.333. The summed E-state index contributed by atoms with van der Waals surface area (Å²) < 4.78 is 0. The van der Waals surface area contributed by atoms with E-state index in [-0.39, 0.29) is 11.8 Å². The summed E-state index contributed by atoms with van der Waals surface area (Å²) in [5, 5.41) is 0. The molecule has 1 saturated heterocycles. The van der Waals surface area contributed by atoms with Gasteiger partial charge in [0.25, 0.3) is 5.91 Å². The summed E-state index contributed by atoms with van der Waals surface area (Å²) in [7, 11) is 0. The van der Waals surface area contributed by atoms with E-state index in [1.165, 1.54) is 0 Å². The second kappa shape index (κ2) is 6.18. The molecule has 0 radical (unpaired) electrons. The van der Waals surface area contributed by atoms with Crippen molar-refractivity contribution in [2.75, 3.05) is 26.2 Å². The van der Waals surface area contributed by atoms with Gasteiger partial charge in [-0.2, -0.15) is 0 Å². The maximum Gasteiger partial charge on any atom is 0.253 e. The monoisotopic (exact) mass is 258 g/mol. The first-order chi connectivity index (χ1) is 9.22. The molecule has 0 bridgehead atoms. The van der Waals surface area contributed by atoms with Crippen molar-refractivity contribution in [2.45, 2.75) is 6.92 Å². The Kier molecular flexibility index (Phi) is 4.34. The third-order valence-corrected chi connectivity index (χ3v) is 3.21. The van der Waals surface area contributed by atoms with Gasteiger partial charge in [0.05, 0.1) is 0 Å². The molecule has 0 aliphatic carbocycles. The summed E-state index contributed by atoms with van der Waals surface area (Å²) in [4.78, 5) is 27.5. The van der Waals surface area contributed by atoms with Crippen molar-refractivity contribution >= 4 is 11.8 Å². The van der Waals surface area contributed by atoms with Gasteiger partial charge in [0.15, 0.2) is 0 Å². The molecule has 1 aromatic carbocycles. The minimum Gasteiger partial charge on any atom is -0.336 e. The Morgan fingerprint density at radius 2 is 1.58 bits per heavy atom. The highest BCUT2D eigenvalue weighted by Gasteiger charge is 2.23. The predicted molar refractivity (Wildman–Crippen MR) is 73.7 cm³/mol. The molecule has 2 amide bonds. The van der Waals surface area contributed by atoms with E-state index in [1.54, 1.807) is 22.0 Å². The van der Waals surface area contributed by atoms with Crippen LogP contribution in [-0.4, -0.2) is 47.8 Å². The van der Waals surface area contributed by atoms with Crippen molar-refractivity contribution in [3.05, 3.63) is 48.0 Å². The Labute approximate surface area is 113 Å². The van der Waals surface area contributed by atoms with Crippen LogP contribution in [0.2, 0.25) is 0 Å². The molecule has 1 fully saturated rings. The van der Waals surface area contributed by atoms with Gasteiger partial charge in [0.1, 0.15) is 0 Å². The van der Waals surface area contributed by atoms with Gasteiger partial charge in [-0.3, -0.25) is 9.59 Å². The second-order valence-electron chi connectivity index (χ2n) is 4.48. The van der Waals surface area contributed by atoms with Crippen LogP contribution in [-0.2, 0) is 4.79 Å². The topological polar surface area (TPSA) is 40.6 Å². The minimum atomic E-state index is 0.0225. The van der Waals surface area contributed by atoms with E-state index in [0.29, 0.717) is 31.7 Å². The fourth-order valence-corrected chi connectivity index (χ4v) is 2.14. The highest BCUT2D eigenvalue weighted by Crippen LogP contribution is 2.09. The lowest BCUT2D eigenvalue weighted by molar-refractivity contribution is -0.127. The van der Waals surface area contributed by atoms with Crippen LogP contribution in [0, 0.1) is 0 Å². The summed E-state index contributed by atoms with van der Waals surface area (Å²) in [6.07, 6.45) is 3.30. The van der Waals surface area contributed by atoms with Gasteiger partial charge < -0.3 is 9.80 Å². The van der Waals surface area contributed by atoms with Crippen molar-refractivity contribution in [1.29, 1.82) is 0 Å². The second-order valence-corrected chi connectivity index (χ2v) is 4.48. The fourth-order valence-electron chi connectivity index (χ4n) is 2.14. The Balaban J connectivity index is 1.93. The Bertz CT molecular complexity index is 474. The van der Waals surface area contributed by atoms with Crippen molar-refractivity contribution in [3.63, 3.8) is 0 Å². The molecule has 0 aromatic heterocycles. The maximum atomic E-state index is 12.2. The van der Waals surface area contributed by atoms with Crippen LogP contribution in [0.3, 0.4) is 0 Å². The van der Waals surface area contributed by atoms with E-state index in [1.807, 2.05) is 37.3 Å². The lowest BCUT2D eigenvalue weighted by atomic mass is 10.2. The first-order valence-corrected chi connectivity index (χ1v) is 6.48. The van der Waals surface area contributed by atoms with E-state index in [4.69, 9.17) is 0 Å². The van der Waals surface area contributed by atoms with E-state index >= 15 is 0 Å². The molecule has 100 valence electrons. The number of rotatable bonds is 2. The summed E-state index contributed by atoms with van der Waals surface area (Å²) in [5.74, 6) is 0.0630. The van der Waals surface area contributed by atoms with E-state index in [0.717, 1.165) is 0 Å². The third kappa shape index (κ3) is 3.22. The number of carbonyl (C=O) groups is 2. The van der Waals surface area contributed by atoms with Gasteiger partial charge in [0, 0.05) is 31.7 Å². The van der Waals surface area contributed by atoms with Crippen LogP contribution in [0.4, 0.5) is 0 Å². The molecular formula is C15H18N2O2. The quantitative estimate of drug-likeness (QED) is 0.755. The SMILES string of the molecule is C/C=C/C(=O)N1CCN(C(=O)c2ccccc2)CC1. The van der Waals surface area contributed by atoms with E-state index in [9.17, 15) is 9.59 Å². The molecule has 1 aromatic rings. The summed E-state index contributed by atoms with van der Waals surface area (Å²) in [5.41, 5.74) is 0.704. The lowest BCUT2D eigenvalue weighted by Crippen LogP contribution is -2.50. The average Bonchev–Trinajstić information content (AvgIpc) is 2.48. The zero-order valence-electron chi connectivity index (χ0n) is 11.1. The zero-order chi connectivity index (χ0) is 13.7. The highest BCUT2D eigenvalue weighted by molar-refractivity contribution is 5.94. The number of benzene rings is 1. The van der Waals surface area contributed by atoms with Crippen molar-refractivity contribution < 1.29 is 9.59 Å². The highest BCUT2D eigenvalue weighted by atomic mass is 16.2. The summed E-state index contributed by atoms with van der Waals surface area (Å²) >= 11 is 0. The molecule has 0 unspecified atom stereocenters. The molecule has 1 aliphatic heterocycles. The molecule has 4 nitrogen and oxygen atoms in total. The first kappa shape index (κ1) is 13.3. The third-order valence-electron chi connectivity index (χ3n) is 3.21. The van der Waals surface area contributed by atoms with Gasteiger partial charge in [-0.25, -0.2) is 0 Å². The number of nitrogens with zero attached hydrogens (tertiary/aromatic N) is 2. The smallest absolute Gasteiger partial charge is 0.253 e. The molecule has 1 heterocycles. The molecule has 0 spiro atoms. The lowest BCUT2D eigenvalue weighted by Gasteiger charge is -2.34. The summed E-state index contributed by atoms with van der Waals surface area (Å²) in [6.45, 7) is 4.21. The van der Waals surface area contributed by atoms with Crippen LogP contribution in [0.5, 0.6) is 0 Å². The van der Waals surface area contributed by atoms with Crippen LogP contribution in [0.15, 0.2) is 42.5 Å². The Morgan fingerprint density at radius 3 is 2.16 bits per heavy atom.